The summed E-state index contributed by atoms with van der Waals surface area (Å²) in [6.45, 7) is 16.8. The number of hydrogen-bond acceptors (Lipinski definition) is 8. The fourth-order valence-electron chi connectivity index (χ4n) is 6.10. The lowest BCUT2D eigenvalue weighted by Gasteiger charge is -2.38. The van der Waals surface area contributed by atoms with Crippen molar-refractivity contribution in [2.75, 3.05) is 6.54 Å². The summed E-state index contributed by atoms with van der Waals surface area (Å²) in [5, 5.41) is 7.59. The van der Waals surface area contributed by atoms with Crippen LogP contribution in [0.3, 0.4) is 0 Å². The van der Waals surface area contributed by atoms with Crippen LogP contribution in [0.1, 0.15) is 94.9 Å². The van der Waals surface area contributed by atoms with Crippen LogP contribution in [0.5, 0.6) is 0 Å². The Morgan fingerprint density at radius 2 is 1.40 bits per heavy atom. The Hall–Kier alpha value is -4.32. The lowest BCUT2D eigenvalue weighted by molar-refractivity contribution is -0.122. The molecule has 1 aromatic heterocycles. The summed E-state index contributed by atoms with van der Waals surface area (Å²) in [5.74, 6) is 0.112. The van der Waals surface area contributed by atoms with Gasteiger partial charge in [-0.2, -0.15) is 4.98 Å². The molecule has 1 unspecified atom stereocenters. The first-order valence-electron chi connectivity index (χ1n) is 17.2. The van der Waals surface area contributed by atoms with Crippen LogP contribution >= 0.6 is 0 Å². The standard InChI is InChI=1S/C39H51N5O5Si/c1-37(2,3)47-36(46)44-26-30(49-50(7,8)38(4,5)6)24-32(44)34-41-35(48-43-34)31(40)25-33(45)42-39(27-18-12-9-13-19-27,28-20-14-10-15-21-28)29-22-16-11-17-23-29/h9-23,30-32H,24-26,40H2,1-8H3,(H,42,45)/t30-,31?,32+/m1/s1. The molecule has 0 saturated carbocycles. The number of hydrogen-bond donors (Lipinski definition) is 2. The maximum Gasteiger partial charge on any atom is 0.411 e. The monoisotopic (exact) mass is 697 g/mol. The van der Waals surface area contributed by atoms with Crippen LogP contribution in [0.4, 0.5) is 4.79 Å². The molecule has 1 aliphatic heterocycles. The normalized spacial score (nSPS) is 17.7. The number of nitrogens with one attached hydrogen (secondary N) is 1. The fourth-order valence-corrected chi connectivity index (χ4v) is 7.46. The molecular formula is C39H51N5O5Si. The first kappa shape index (κ1) is 36.9. The van der Waals surface area contributed by atoms with Crippen molar-refractivity contribution in [3.63, 3.8) is 0 Å². The molecule has 0 radical (unpaired) electrons. The Morgan fingerprint density at radius 1 is 0.900 bits per heavy atom. The lowest BCUT2D eigenvalue weighted by atomic mass is 9.77. The maximum atomic E-state index is 14.0. The minimum Gasteiger partial charge on any atom is -0.444 e. The minimum absolute atomic E-state index is 0.00634. The summed E-state index contributed by atoms with van der Waals surface area (Å²) in [6.07, 6.45) is -0.336. The number of nitrogens with two attached hydrogens (primary N) is 1. The van der Waals surface area contributed by atoms with Gasteiger partial charge in [0.2, 0.25) is 11.8 Å². The van der Waals surface area contributed by atoms with Crippen LogP contribution in [-0.4, -0.2) is 53.6 Å². The highest BCUT2D eigenvalue weighted by Crippen LogP contribution is 2.42. The summed E-state index contributed by atoms with van der Waals surface area (Å²) in [7, 11) is -2.14. The van der Waals surface area contributed by atoms with Crippen molar-refractivity contribution in [1.82, 2.24) is 20.4 Å². The third-order valence-corrected chi connectivity index (χ3v) is 14.1. The van der Waals surface area contributed by atoms with E-state index >= 15 is 0 Å². The first-order chi connectivity index (χ1) is 23.5. The van der Waals surface area contributed by atoms with Crippen LogP contribution in [0.15, 0.2) is 95.5 Å². The molecule has 1 fully saturated rings. The number of ether oxygens (including phenoxy) is 1. The van der Waals surface area contributed by atoms with E-state index in [9.17, 15) is 9.59 Å². The molecule has 0 bridgehead atoms. The number of aromatic nitrogens is 2. The highest BCUT2D eigenvalue weighted by atomic mass is 28.4. The van der Waals surface area contributed by atoms with Crippen LogP contribution in [-0.2, 0) is 19.5 Å². The molecule has 0 aliphatic carbocycles. The van der Waals surface area contributed by atoms with E-state index in [-0.39, 0.29) is 29.4 Å². The topological polar surface area (TPSA) is 133 Å². The van der Waals surface area contributed by atoms with Crippen LogP contribution < -0.4 is 11.1 Å². The third-order valence-electron chi connectivity index (χ3n) is 9.58. The number of likely N-dealkylation sites (tertiary alicyclic amines) is 1. The van der Waals surface area contributed by atoms with Gasteiger partial charge < -0.3 is 24.7 Å². The maximum absolute atomic E-state index is 14.0. The molecule has 2 heterocycles. The number of carbonyl (C=O) groups excluding carboxylic acids is 2. The fraction of sp³-hybridized carbons (Fsp3) is 0.436. The quantitative estimate of drug-likeness (QED) is 0.128. The average Bonchev–Trinajstić information content (AvgIpc) is 3.71. The van der Waals surface area contributed by atoms with Gasteiger partial charge in [-0.1, -0.05) is 117 Å². The van der Waals surface area contributed by atoms with E-state index in [4.69, 9.17) is 19.4 Å². The molecular weight excluding hydrogens is 647 g/mol. The Kier molecular flexibility index (Phi) is 10.7. The molecule has 1 saturated heterocycles. The van der Waals surface area contributed by atoms with Gasteiger partial charge in [-0.3, -0.25) is 9.69 Å². The van der Waals surface area contributed by atoms with Crippen molar-refractivity contribution in [1.29, 1.82) is 0 Å². The van der Waals surface area contributed by atoms with Gasteiger partial charge in [0, 0.05) is 13.0 Å². The molecule has 3 aromatic carbocycles. The van der Waals surface area contributed by atoms with Gasteiger partial charge in [0.05, 0.1) is 18.6 Å². The molecule has 3 N–H and O–H groups in total. The molecule has 11 heteroatoms. The Balaban J connectivity index is 1.39. The second kappa shape index (κ2) is 14.5. The van der Waals surface area contributed by atoms with Gasteiger partial charge in [-0.15, -0.1) is 0 Å². The molecule has 3 atom stereocenters. The molecule has 266 valence electrons. The van der Waals surface area contributed by atoms with Gasteiger partial charge in [0.15, 0.2) is 14.1 Å². The van der Waals surface area contributed by atoms with E-state index in [0.29, 0.717) is 18.8 Å². The van der Waals surface area contributed by atoms with Crippen LogP contribution in [0.25, 0.3) is 0 Å². The van der Waals surface area contributed by atoms with Crippen molar-refractivity contribution in [2.45, 2.75) is 102 Å². The van der Waals surface area contributed by atoms with Crippen LogP contribution in [0.2, 0.25) is 18.1 Å². The average molecular weight is 698 g/mol. The summed E-state index contributed by atoms with van der Waals surface area (Å²) >= 11 is 0. The van der Waals surface area contributed by atoms with E-state index in [1.165, 1.54) is 0 Å². The largest absolute Gasteiger partial charge is 0.444 e. The zero-order chi connectivity index (χ0) is 36.3. The van der Waals surface area contributed by atoms with Gasteiger partial charge in [0.1, 0.15) is 17.2 Å². The molecule has 4 aromatic rings. The Morgan fingerprint density at radius 3 is 1.86 bits per heavy atom. The van der Waals surface area contributed by atoms with Gasteiger partial charge >= 0.3 is 6.09 Å². The molecule has 1 aliphatic rings. The first-order valence-corrected chi connectivity index (χ1v) is 20.1. The van der Waals surface area contributed by atoms with E-state index in [1.54, 1.807) is 4.90 Å². The Bertz CT molecular complexity index is 1640. The highest BCUT2D eigenvalue weighted by Gasteiger charge is 2.46. The number of carbonyl (C=O) groups is 2. The highest BCUT2D eigenvalue weighted by molar-refractivity contribution is 6.74. The smallest absolute Gasteiger partial charge is 0.411 e. The van der Waals surface area contributed by atoms with Crippen molar-refractivity contribution in [3.8, 4) is 0 Å². The predicted octanol–water partition coefficient (Wildman–Crippen LogP) is 7.64. The predicted molar refractivity (Wildman–Crippen MR) is 196 cm³/mol. The zero-order valence-electron chi connectivity index (χ0n) is 30.5. The molecule has 10 nitrogen and oxygen atoms in total. The van der Waals surface area contributed by atoms with Crippen LogP contribution in [0, 0.1) is 0 Å². The van der Waals surface area contributed by atoms with Crippen molar-refractivity contribution >= 4 is 20.3 Å². The lowest BCUT2D eigenvalue weighted by Crippen LogP contribution is -2.48. The van der Waals surface area contributed by atoms with E-state index in [1.807, 2.05) is 112 Å². The summed E-state index contributed by atoms with van der Waals surface area (Å²) < 4.78 is 18.1. The zero-order valence-corrected chi connectivity index (χ0v) is 31.5. The summed E-state index contributed by atoms with van der Waals surface area (Å²) in [5.41, 5.74) is 7.62. The van der Waals surface area contributed by atoms with Crippen molar-refractivity contribution < 1.29 is 23.3 Å². The van der Waals surface area contributed by atoms with E-state index in [2.05, 4.69) is 49.3 Å². The number of amides is 2. The van der Waals surface area contributed by atoms with Gasteiger partial charge in [-0.25, -0.2) is 4.79 Å². The molecule has 2 amide bonds. The second-order valence-electron chi connectivity index (χ2n) is 15.6. The SMILES string of the molecule is CC(C)(C)OC(=O)N1C[C@H](O[Si](C)(C)C(C)(C)C)C[C@H]1c1noc(C(N)CC(=O)NC(c2ccccc2)(c2ccccc2)c2ccccc2)n1. The molecule has 0 spiro atoms. The summed E-state index contributed by atoms with van der Waals surface area (Å²) in [4.78, 5) is 33.7. The number of nitrogens with zero attached hydrogens (tertiary/aromatic N) is 3. The van der Waals surface area contributed by atoms with Crippen molar-refractivity contribution in [2.24, 2.45) is 5.73 Å². The third kappa shape index (κ3) is 8.17. The number of benzene rings is 3. The minimum atomic E-state index is -2.14. The molecule has 50 heavy (non-hydrogen) atoms. The van der Waals surface area contributed by atoms with Crippen molar-refractivity contribution in [3.05, 3.63) is 119 Å². The second-order valence-corrected chi connectivity index (χ2v) is 20.3. The summed E-state index contributed by atoms with van der Waals surface area (Å²) in [6, 6.07) is 28.2. The van der Waals surface area contributed by atoms with Gasteiger partial charge in [0.25, 0.3) is 0 Å². The van der Waals surface area contributed by atoms with Gasteiger partial charge in [-0.05, 0) is 55.6 Å². The van der Waals surface area contributed by atoms with E-state index in [0.717, 1.165) is 16.7 Å². The van der Waals surface area contributed by atoms with E-state index < -0.39 is 37.6 Å². The Labute approximate surface area is 296 Å². The molecule has 5 rings (SSSR count). The number of rotatable bonds is 10.